The van der Waals surface area contributed by atoms with E-state index in [9.17, 15) is 33.6 Å². The number of carbonyl (C=O) groups is 3. The summed E-state index contributed by atoms with van der Waals surface area (Å²) in [7, 11) is 4.12. The van der Waals surface area contributed by atoms with Crippen LogP contribution in [0.5, 0.6) is 29.0 Å². The highest BCUT2D eigenvalue weighted by atomic mass is 19.1. The molecule has 1 saturated heterocycles. The molecule has 0 bridgehead atoms. The predicted octanol–water partition coefficient (Wildman–Crippen LogP) is 2.95. The van der Waals surface area contributed by atoms with Crippen LogP contribution in [0, 0.1) is 17.1 Å². The first-order chi connectivity index (χ1) is 23.1. The van der Waals surface area contributed by atoms with Crippen LogP contribution in [-0.2, 0) is 4.74 Å². The van der Waals surface area contributed by atoms with E-state index in [-0.39, 0.29) is 55.6 Å². The number of nitrogens with zero attached hydrogens (tertiary/aromatic N) is 3. The number of aromatic amines is 1. The van der Waals surface area contributed by atoms with E-state index in [4.69, 9.17) is 28.4 Å². The standard InChI is InChI=1S/C32H25FN4O11/c1-43-21-13-19(14-22(44-2)26(21)45-3)31(41)47-23-10-9-18(15-34)27(35-23)48-30(40)17-7-4-6-16(12-17)28(38)37-29(39)24(33)25(36-32(37)42)20-8-5-11-46-20/h4,6-7,9-10,12-14,20H,5,8,11H2,1-3H3,(H,36,42). The average molecular weight is 661 g/mol. The molecule has 1 fully saturated rings. The molecule has 1 unspecified atom stereocenters. The van der Waals surface area contributed by atoms with Crippen LogP contribution in [0.2, 0.25) is 0 Å². The lowest BCUT2D eigenvalue weighted by atomic mass is 10.1. The molecule has 2 aromatic heterocycles. The largest absolute Gasteiger partial charge is 0.493 e. The van der Waals surface area contributed by atoms with Gasteiger partial charge in [0.25, 0.3) is 11.5 Å². The smallest absolute Gasteiger partial charge is 0.345 e. The Morgan fingerprint density at radius 2 is 1.65 bits per heavy atom. The first-order valence-electron chi connectivity index (χ1n) is 14.1. The summed E-state index contributed by atoms with van der Waals surface area (Å²) in [6.45, 7) is 0.326. The Hall–Kier alpha value is -6.34. The Kier molecular flexibility index (Phi) is 9.62. The maximum absolute atomic E-state index is 14.9. The van der Waals surface area contributed by atoms with Crippen molar-refractivity contribution in [3.63, 3.8) is 0 Å². The second-order valence-corrected chi connectivity index (χ2v) is 9.99. The zero-order chi connectivity index (χ0) is 34.5. The van der Waals surface area contributed by atoms with Crippen molar-refractivity contribution < 1.29 is 47.2 Å². The van der Waals surface area contributed by atoms with Crippen LogP contribution < -0.4 is 34.9 Å². The molecule has 1 aliphatic rings. The van der Waals surface area contributed by atoms with E-state index >= 15 is 0 Å². The maximum Gasteiger partial charge on any atom is 0.345 e. The topological polar surface area (TPSA) is 198 Å². The number of hydrogen-bond acceptors (Lipinski definition) is 13. The lowest BCUT2D eigenvalue weighted by Gasteiger charge is -2.13. The van der Waals surface area contributed by atoms with Crippen molar-refractivity contribution in [1.82, 2.24) is 14.5 Å². The summed E-state index contributed by atoms with van der Waals surface area (Å²) < 4.78 is 46.7. The molecule has 1 N–H and O–H groups in total. The van der Waals surface area contributed by atoms with Crippen LogP contribution in [0.1, 0.15) is 61.3 Å². The average Bonchev–Trinajstić information content (AvgIpc) is 3.64. The number of halogens is 1. The summed E-state index contributed by atoms with van der Waals surface area (Å²) in [5.41, 5.74) is -3.82. The van der Waals surface area contributed by atoms with E-state index in [1.165, 1.54) is 63.8 Å². The van der Waals surface area contributed by atoms with Gasteiger partial charge in [0.15, 0.2) is 11.5 Å². The van der Waals surface area contributed by atoms with E-state index in [1.807, 2.05) is 0 Å². The molecule has 4 aromatic rings. The third kappa shape index (κ3) is 6.48. The van der Waals surface area contributed by atoms with Gasteiger partial charge in [-0.3, -0.25) is 9.59 Å². The monoisotopic (exact) mass is 660 g/mol. The fraction of sp³-hybridized carbons (Fsp3) is 0.219. The van der Waals surface area contributed by atoms with Crippen molar-refractivity contribution in [1.29, 1.82) is 5.26 Å². The number of ether oxygens (including phenoxy) is 6. The van der Waals surface area contributed by atoms with Gasteiger partial charge in [-0.2, -0.15) is 19.2 Å². The van der Waals surface area contributed by atoms with Crippen molar-refractivity contribution in [3.8, 4) is 35.1 Å². The number of rotatable bonds is 9. The highest BCUT2D eigenvalue weighted by Gasteiger charge is 2.28. The molecule has 16 heteroatoms. The summed E-state index contributed by atoms with van der Waals surface area (Å²) in [6.07, 6.45) is 0.166. The normalized spacial score (nSPS) is 13.7. The minimum Gasteiger partial charge on any atom is -0.493 e. The molecular formula is C32H25FN4O11. The molecule has 246 valence electrons. The van der Waals surface area contributed by atoms with Gasteiger partial charge in [-0.05, 0) is 49.2 Å². The summed E-state index contributed by atoms with van der Waals surface area (Å²) >= 11 is 0. The lowest BCUT2D eigenvalue weighted by Crippen LogP contribution is -2.43. The fourth-order valence-corrected chi connectivity index (χ4v) is 4.79. The maximum atomic E-state index is 14.9. The van der Waals surface area contributed by atoms with Crippen molar-refractivity contribution in [2.75, 3.05) is 27.9 Å². The number of aromatic nitrogens is 3. The number of nitrogens with one attached hydrogen (secondary N) is 1. The van der Waals surface area contributed by atoms with Crippen molar-refractivity contribution in [3.05, 3.63) is 103 Å². The molecule has 5 rings (SSSR count). The second kappa shape index (κ2) is 14.0. The molecule has 3 heterocycles. The molecule has 15 nitrogen and oxygen atoms in total. The zero-order valence-corrected chi connectivity index (χ0v) is 25.5. The molecule has 0 spiro atoms. The van der Waals surface area contributed by atoms with Crippen LogP contribution in [0.3, 0.4) is 0 Å². The highest BCUT2D eigenvalue weighted by molar-refractivity contribution is 5.99. The van der Waals surface area contributed by atoms with Gasteiger partial charge < -0.3 is 33.4 Å². The molecule has 0 aliphatic carbocycles. The molecule has 1 aliphatic heterocycles. The van der Waals surface area contributed by atoms with Crippen molar-refractivity contribution in [2.24, 2.45) is 0 Å². The summed E-state index contributed by atoms with van der Waals surface area (Å²) in [5, 5.41) is 9.55. The van der Waals surface area contributed by atoms with Crippen LogP contribution >= 0.6 is 0 Å². The number of benzene rings is 2. The number of esters is 2. The predicted molar refractivity (Wildman–Crippen MR) is 160 cm³/mol. The minimum atomic E-state index is -1.48. The molecule has 0 saturated carbocycles. The van der Waals surface area contributed by atoms with Crippen LogP contribution in [-0.4, -0.2) is 60.3 Å². The van der Waals surface area contributed by atoms with Gasteiger partial charge in [-0.1, -0.05) is 6.07 Å². The zero-order valence-electron chi connectivity index (χ0n) is 25.5. The Bertz CT molecular complexity index is 2070. The fourth-order valence-electron chi connectivity index (χ4n) is 4.79. The summed E-state index contributed by atoms with van der Waals surface area (Å²) in [5.74, 6) is -4.84. The first kappa shape index (κ1) is 33.0. The Labute approximate surface area is 270 Å². The summed E-state index contributed by atoms with van der Waals surface area (Å²) in [4.78, 5) is 70.8. The number of hydrogen-bond donors (Lipinski definition) is 1. The van der Waals surface area contributed by atoms with Crippen LogP contribution in [0.25, 0.3) is 0 Å². The van der Waals surface area contributed by atoms with E-state index in [0.29, 0.717) is 19.4 Å². The molecule has 48 heavy (non-hydrogen) atoms. The third-order valence-electron chi connectivity index (χ3n) is 7.11. The highest BCUT2D eigenvalue weighted by Crippen LogP contribution is 2.38. The third-order valence-corrected chi connectivity index (χ3v) is 7.11. The van der Waals surface area contributed by atoms with E-state index in [0.717, 1.165) is 6.07 Å². The number of nitriles is 1. The van der Waals surface area contributed by atoms with Gasteiger partial charge in [0.1, 0.15) is 17.7 Å². The van der Waals surface area contributed by atoms with Crippen LogP contribution in [0.4, 0.5) is 4.39 Å². The van der Waals surface area contributed by atoms with Gasteiger partial charge in [0, 0.05) is 18.2 Å². The molecule has 0 radical (unpaired) electrons. The number of pyridine rings is 1. The number of carbonyl (C=O) groups excluding carboxylic acids is 3. The Balaban J connectivity index is 1.38. The first-order valence-corrected chi connectivity index (χ1v) is 14.1. The lowest BCUT2D eigenvalue weighted by molar-refractivity contribution is 0.0716. The van der Waals surface area contributed by atoms with E-state index < -0.39 is 46.9 Å². The molecule has 2 aromatic carbocycles. The van der Waals surface area contributed by atoms with E-state index in [1.54, 1.807) is 6.07 Å². The number of methoxy groups -OCH3 is 3. The SMILES string of the molecule is COc1cc(C(=O)Oc2ccc(C#N)c(OC(=O)c3cccc(C(=O)n4c(=O)[nH]c(C5CCCO5)c(F)c4=O)c3)n2)cc(OC)c1OC. The van der Waals surface area contributed by atoms with Crippen LogP contribution in [0.15, 0.2) is 58.1 Å². The molecular weight excluding hydrogens is 635 g/mol. The van der Waals surface area contributed by atoms with Crippen molar-refractivity contribution >= 4 is 17.8 Å². The summed E-state index contributed by atoms with van der Waals surface area (Å²) in [6, 6.07) is 11.6. The Morgan fingerprint density at radius 1 is 0.958 bits per heavy atom. The van der Waals surface area contributed by atoms with Gasteiger partial charge >= 0.3 is 17.6 Å². The second-order valence-electron chi connectivity index (χ2n) is 9.99. The van der Waals surface area contributed by atoms with Crippen molar-refractivity contribution in [2.45, 2.75) is 18.9 Å². The van der Waals surface area contributed by atoms with E-state index in [2.05, 4.69) is 9.97 Å². The molecule has 1 atom stereocenters. The molecule has 0 amide bonds. The van der Waals surface area contributed by atoms with Gasteiger partial charge in [-0.15, -0.1) is 0 Å². The number of H-pyrrole nitrogens is 1. The van der Waals surface area contributed by atoms with Gasteiger partial charge in [0.05, 0.1) is 38.2 Å². The van der Waals surface area contributed by atoms with Gasteiger partial charge in [-0.25, -0.2) is 14.4 Å². The minimum absolute atomic E-state index is 0.00461. The van der Waals surface area contributed by atoms with Gasteiger partial charge in [0.2, 0.25) is 23.3 Å². The Morgan fingerprint density at radius 3 is 2.27 bits per heavy atom. The quantitative estimate of drug-likeness (QED) is 0.257.